The largest absolute Gasteiger partial charge is 0.508 e. The smallest absolute Gasteiger partial charge is 0.255 e. The van der Waals surface area contributed by atoms with Crippen LogP contribution in [0.4, 0.5) is 5.69 Å². The molecule has 2 aromatic rings. The maximum atomic E-state index is 12.1. The number of aromatic hydroxyl groups is 1. The van der Waals surface area contributed by atoms with Crippen LogP contribution < -0.4 is 5.32 Å². The first-order chi connectivity index (χ1) is 8.99. The van der Waals surface area contributed by atoms with Gasteiger partial charge in [-0.3, -0.25) is 4.79 Å². The summed E-state index contributed by atoms with van der Waals surface area (Å²) < 4.78 is 0. The van der Waals surface area contributed by atoms with E-state index in [9.17, 15) is 9.90 Å². The minimum Gasteiger partial charge on any atom is -0.508 e. The molecule has 1 amide bonds. The average molecular weight is 276 g/mol. The molecule has 2 rings (SSSR count). The van der Waals surface area contributed by atoms with Crippen LogP contribution in [-0.2, 0) is 0 Å². The second-order valence-electron chi connectivity index (χ2n) is 4.34. The van der Waals surface area contributed by atoms with Crippen LogP contribution in [-0.4, -0.2) is 11.0 Å². The van der Waals surface area contributed by atoms with Gasteiger partial charge in [-0.1, -0.05) is 11.6 Å². The lowest BCUT2D eigenvalue weighted by atomic mass is 10.1. The Labute approximate surface area is 116 Å². The molecule has 0 unspecified atom stereocenters. The summed E-state index contributed by atoms with van der Waals surface area (Å²) in [6, 6.07) is 9.93. The molecular weight excluding hydrogens is 262 g/mol. The Morgan fingerprint density at radius 3 is 2.32 bits per heavy atom. The third-order valence-corrected chi connectivity index (χ3v) is 3.37. The van der Waals surface area contributed by atoms with Gasteiger partial charge in [0.1, 0.15) is 5.75 Å². The van der Waals surface area contributed by atoms with E-state index in [0.29, 0.717) is 16.3 Å². The van der Waals surface area contributed by atoms with E-state index in [1.807, 2.05) is 13.8 Å². The van der Waals surface area contributed by atoms with Crippen molar-refractivity contribution in [2.45, 2.75) is 13.8 Å². The van der Waals surface area contributed by atoms with Crippen molar-refractivity contribution in [3.8, 4) is 5.75 Å². The van der Waals surface area contributed by atoms with Crippen LogP contribution >= 0.6 is 11.6 Å². The van der Waals surface area contributed by atoms with Gasteiger partial charge in [0.15, 0.2) is 0 Å². The van der Waals surface area contributed by atoms with E-state index in [1.54, 1.807) is 36.4 Å². The lowest BCUT2D eigenvalue weighted by molar-refractivity contribution is 0.102. The van der Waals surface area contributed by atoms with Gasteiger partial charge in [-0.15, -0.1) is 0 Å². The summed E-state index contributed by atoms with van der Waals surface area (Å²) in [6.07, 6.45) is 0. The summed E-state index contributed by atoms with van der Waals surface area (Å²) in [4.78, 5) is 12.1. The van der Waals surface area contributed by atoms with Gasteiger partial charge < -0.3 is 10.4 Å². The highest BCUT2D eigenvalue weighted by atomic mass is 35.5. The van der Waals surface area contributed by atoms with E-state index >= 15 is 0 Å². The van der Waals surface area contributed by atoms with Gasteiger partial charge >= 0.3 is 0 Å². The molecule has 3 nitrogen and oxygen atoms in total. The Balaban J connectivity index is 2.24. The molecule has 0 atom stereocenters. The molecule has 0 aliphatic rings. The van der Waals surface area contributed by atoms with Crippen molar-refractivity contribution >= 4 is 23.2 Å². The Kier molecular flexibility index (Phi) is 3.76. The molecule has 4 heteroatoms. The zero-order valence-electron chi connectivity index (χ0n) is 10.7. The van der Waals surface area contributed by atoms with Crippen LogP contribution in [0.25, 0.3) is 0 Å². The predicted molar refractivity (Wildman–Crippen MR) is 77.0 cm³/mol. The molecule has 0 aliphatic heterocycles. The molecule has 0 aromatic heterocycles. The van der Waals surface area contributed by atoms with Crippen LogP contribution in [0.15, 0.2) is 36.4 Å². The van der Waals surface area contributed by atoms with Gasteiger partial charge in [-0.05, 0) is 61.4 Å². The van der Waals surface area contributed by atoms with E-state index in [1.165, 1.54) is 0 Å². The Bertz CT molecular complexity index is 621. The first-order valence-corrected chi connectivity index (χ1v) is 6.23. The standard InChI is InChI=1S/C15H14ClNO2/c1-9-10(2)14(18)8-7-13(9)17-15(19)11-3-5-12(16)6-4-11/h3-8,18H,1-2H3,(H,17,19). The van der Waals surface area contributed by atoms with Crippen molar-refractivity contribution in [2.75, 3.05) is 5.32 Å². The summed E-state index contributed by atoms with van der Waals surface area (Å²) in [5.41, 5.74) is 2.83. The number of halogens is 1. The molecule has 0 saturated carbocycles. The highest BCUT2D eigenvalue weighted by molar-refractivity contribution is 6.30. The molecule has 2 aromatic carbocycles. The summed E-state index contributed by atoms with van der Waals surface area (Å²) in [6.45, 7) is 3.66. The third kappa shape index (κ3) is 2.88. The Hall–Kier alpha value is -2.00. The van der Waals surface area contributed by atoms with Gasteiger partial charge in [0.05, 0.1) is 0 Å². The lowest BCUT2D eigenvalue weighted by Gasteiger charge is -2.11. The van der Waals surface area contributed by atoms with Crippen molar-refractivity contribution in [1.29, 1.82) is 0 Å². The maximum absolute atomic E-state index is 12.1. The van der Waals surface area contributed by atoms with E-state index in [2.05, 4.69) is 5.32 Å². The number of benzene rings is 2. The molecule has 19 heavy (non-hydrogen) atoms. The van der Waals surface area contributed by atoms with Gasteiger partial charge in [-0.2, -0.15) is 0 Å². The molecule has 0 heterocycles. The number of phenolic OH excluding ortho intramolecular Hbond substituents is 1. The van der Waals surface area contributed by atoms with Crippen molar-refractivity contribution in [3.63, 3.8) is 0 Å². The highest BCUT2D eigenvalue weighted by Gasteiger charge is 2.10. The zero-order valence-corrected chi connectivity index (χ0v) is 11.5. The fourth-order valence-electron chi connectivity index (χ4n) is 1.74. The molecule has 2 N–H and O–H groups in total. The normalized spacial score (nSPS) is 10.3. The average Bonchev–Trinajstić information content (AvgIpc) is 2.40. The molecular formula is C15H14ClNO2. The summed E-state index contributed by atoms with van der Waals surface area (Å²) in [5.74, 6) is 0.0202. The number of hydrogen-bond acceptors (Lipinski definition) is 2. The zero-order chi connectivity index (χ0) is 14.0. The SMILES string of the molecule is Cc1c(O)ccc(NC(=O)c2ccc(Cl)cc2)c1C. The molecule has 0 saturated heterocycles. The fourth-order valence-corrected chi connectivity index (χ4v) is 1.86. The van der Waals surface area contributed by atoms with E-state index < -0.39 is 0 Å². The summed E-state index contributed by atoms with van der Waals surface area (Å²) in [5, 5.41) is 13.0. The van der Waals surface area contributed by atoms with Crippen LogP contribution in [0.5, 0.6) is 5.75 Å². The highest BCUT2D eigenvalue weighted by Crippen LogP contribution is 2.26. The van der Waals surface area contributed by atoms with Gasteiger partial charge in [0.2, 0.25) is 0 Å². The monoisotopic (exact) mass is 275 g/mol. The van der Waals surface area contributed by atoms with Gasteiger partial charge in [0, 0.05) is 16.3 Å². The number of carbonyl (C=O) groups excluding carboxylic acids is 1. The first-order valence-electron chi connectivity index (χ1n) is 5.85. The minimum absolute atomic E-state index is 0.204. The number of carbonyl (C=O) groups is 1. The number of phenols is 1. The summed E-state index contributed by atoms with van der Waals surface area (Å²) in [7, 11) is 0. The second-order valence-corrected chi connectivity index (χ2v) is 4.78. The lowest BCUT2D eigenvalue weighted by Crippen LogP contribution is -2.12. The number of rotatable bonds is 2. The Morgan fingerprint density at radius 2 is 1.68 bits per heavy atom. The Morgan fingerprint density at radius 1 is 1.05 bits per heavy atom. The second kappa shape index (κ2) is 5.33. The molecule has 0 aliphatic carbocycles. The molecule has 98 valence electrons. The maximum Gasteiger partial charge on any atom is 0.255 e. The number of nitrogens with one attached hydrogen (secondary N) is 1. The van der Waals surface area contributed by atoms with Crippen LogP contribution in [0.3, 0.4) is 0 Å². The fraction of sp³-hybridized carbons (Fsp3) is 0.133. The molecule has 0 bridgehead atoms. The first kappa shape index (κ1) is 13.4. The molecule has 0 spiro atoms. The van der Waals surface area contributed by atoms with Crippen LogP contribution in [0.1, 0.15) is 21.5 Å². The quantitative estimate of drug-likeness (QED) is 0.816. The van der Waals surface area contributed by atoms with Crippen molar-refractivity contribution in [2.24, 2.45) is 0 Å². The van der Waals surface area contributed by atoms with E-state index in [-0.39, 0.29) is 11.7 Å². The minimum atomic E-state index is -0.204. The predicted octanol–water partition coefficient (Wildman–Crippen LogP) is 3.91. The number of hydrogen-bond donors (Lipinski definition) is 2. The van der Waals surface area contributed by atoms with Gasteiger partial charge in [-0.25, -0.2) is 0 Å². The van der Waals surface area contributed by atoms with E-state index in [0.717, 1.165) is 11.1 Å². The topological polar surface area (TPSA) is 49.3 Å². The van der Waals surface area contributed by atoms with Crippen LogP contribution in [0, 0.1) is 13.8 Å². The van der Waals surface area contributed by atoms with Crippen molar-refractivity contribution in [1.82, 2.24) is 0 Å². The molecule has 0 fully saturated rings. The third-order valence-electron chi connectivity index (χ3n) is 3.11. The number of amides is 1. The summed E-state index contributed by atoms with van der Waals surface area (Å²) >= 11 is 5.78. The van der Waals surface area contributed by atoms with Crippen LogP contribution in [0.2, 0.25) is 5.02 Å². The van der Waals surface area contributed by atoms with Crippen molar-refractivity contribution < 1.29 is 9.90 Å². The van der Waals surface area contributed by atoms with Gasteiger partial charge in [0.25, 0.3) is 5.91 Å². The van der Waals surface area contributed by atoms with Crippen molar-refractivity contribution in [3.05, 3.63) is 58.1 Å². The molecule has 0 radical (unpaired) electrons. The number of anilines is 1. The van der Waals surface area contributed by atoms with E-state index in [4.69, 9.17) is 11.6 Å².